The molecule has 3 N–H and O–H groups in total. The van der Waals surface area contributed by atoms with E-state index in [2.05, 4.69) is 0 Å². The van der Waals surface area contributed by atoms with Crippen molar-refractivity contribution in [2.45, 2.75) is 37.3 Å². The van der Waals surface area contributed by atoms with Gasteiger partial charge in [-0.2, -0.15) is 0 Å². The Balaban J connectivity index is 2.29. The van der Waals surface area contributed by atoms with Crippen LogP contribution in [0.4, 0.5) is 8.78 Å². The maximum absolute atomic E-state index is 13.5. The molecule has 1 saturated carbocycles. The Morgan fingerprint density at radius 2 is 1.88 bits per heavy atom. The van der Waals surface area contributed by atoms with Crippen molar-refractivity contribution in [2.24, 2.45) is 5.73 Å². The zero-order valence-corrected chi connectivity index (χ0v) is 8.92. The molecule has 1 aliphatic carbocycles. The van der Waals surface area contributed by atoms with Crippen LogP contribution < -0.4 is 5.73 Å². The Bertz CT molecular complexity index is 387. The average molecular weight is 227 g/mol. The molecule has 0 heterocycles. The predicted octanol–water partition coefficient (Wildman–Crippen LogP) is 2.05. The molecule has 88 valence electrons. The standard InChI is InChI=1S/C12H15F2NO/c13-8-1-2-10(11(14)7-8)12(16)5-3-9(15)4-6-12/h1-2,7,9,16H,3-6,15H2. The highest BCUT2D eigenvalue weighted by Gasteiger charge is 2.35. The van der Waals surface area contributed by atoms with Crippen LogP contribution in [-0.4, -0.2) is 11.1 Å². The Morgan fingerprint density at radius 1 is 1.25 bits per heavy atom. The van der Waals surface area contributed by atoms with Crippen LogP contribution in [0.1, 0.15) is 31.2 Å². The van der Waals surface area contributed by atoms with Gasteiger partial charge in [0.25, 0.3) is 0 Å². The Morgan fingerprint density at radius 3 is 2.44 bits per heavy atom. The van der Waals surface area contributed by atoms with Gasteiger partial charge in [-0.25, -0.2) is 8.78 Å². The second kappa shape index (κ2) is 4.11. The van der Waals surface area contributed by atoms with Gasteiger partial charge < -0.3 is 10.8 Å². The smallest absolute Gasteiger partial charge is 0.132 e. The largest absolute Gasteiger partial charge is 0.385 e. The third kappa shape index (κ3) is 2.08. The molecule has 0 bridgehead atoms. The highest BCUT2D eigenvalue weighted by atomic mass is 19.1. The summed E-state index contributed by atoms with van der Waals surface area (Å²) >= 11 is 0. The molecule has 1 aromatic rings. The zero-order valence-electron chi connectivity index (χ0n) is 8.92. The number of nitrogens with two attached hydrogens (primary N) is 1. The zero-order chi connectivity index (χ0) is 11.8. The fourth-order valence-corrected chi connectivity index (χ4v) is 2.25. The molecule has 0 unspecified atom stereocenters. The normalized spacial score (nSPS) is 30.4. The van der Waals surface area contributed by atoms with Crippen molar-refractivity contribution in [1.82, 2.24) is 0 Å². The predicted molar refractivity (Wildman–Crippen MR) is 56.7 cm³/mol. The lowest BCUT2D eigenvalue weighted by Gasteiger charge is -2.35. The van der Waals surface area contributed by atoms with Gasteiger partial charge in [0.2, 0.25) is 0 Å². The van der Waals surface area contributed by atoms with Gasteiger partial charge >= 0.3 is 0 Å². The molecule has 0 radical (unpaired) electrons. The lowest BCUT2D eigenvalue weighted by Crippen LogP contribution is -2.37. The highest BCUT2D eigenvalue weighted by molar-refractivity contribution is 5.25. The van der Waals surface area contributed by atoms with Gasteiger partial charge in [0.05, 0.1) is 5.60 Å². The fraction of sp³-hybridized carbons (Fsp3) is 0.500. The van der Waals surface area contributed by atoms with Gasteiger partial charge in [-0.15, -0.1) is 0 Å². The van der Waals surface area contributed by atoms with Gasteiger partial charge in [-0.05, 0) is 31.7 Å². The molecule has 2 rings (SSSR count). The van der Waals surface area contributed by atoms with Gasteiger partial charge in [-0.1, -0.05) is 6.07 Å². The van der Waals surface area contributed by atoms with Crippen molar-refractivity contribution in [3.05, 3.63) is 35.4 Å². The van der Waals surface area contributed by atoms with E-state index < -0.39 is 17.2 Å². The Kier molecular flexibility index (Phi) is 2.95. The number of hydrogen-bond donors (Lipinski definition) is 2. The molecule has 0 saturated heterocycles. The van der Waals surface area contributed by atoms with Gasteiger partial charge in [-0.3, -0.25) is 0 Å². The summed E-state index contributed by atoms with van der Waals surface area (Å²) in [6.07, 6.45) is 2.17. The minimum Gasteiger partial charge on any atom is -0.385 e. The van der Waals surface area contributed by atoms with Crippen LogP contribution in [0.5, 0.6) is 0 Å². The summed E-state index contributed by atoms with van der Waals surface area (Å²) in [5, 5.41) is 10.3. The number of rotatable bonds is 1. The van der Waals surface area contributed by atoms with Gasteiger partial charge in [0.15, 0.2) is 0 Å². The van der Waals surface area contributed by atoms with E-state index in [-0.39, 0.29) is 11.6 Å². The molecule has 2 nitrogen and oxygen atoms in total. The van der Waals surface area contributed by atoms with Crippen molar-refractivity contribution in [2.75, 3.05) is 0 Å². The van der Waals surface area contributed by atoms with Crippen LogP contribution >= 0.6 is 0 Å². The minimum absolute atomic E-state index is 0.0729. The lowest BCUT2D eigenvalue weighted by molar-refractivity contribution is -0.00806. The van der Waals surface area contributed by atoms with Crippen LogP contribution in [0, 0.1) is 11.6 Å². The Hall–Kier alpha value is -1.00. The molecule has 1 aromatic carbocycles. The first-order chi connectivity index (χ1) is 7.51. The van der Waals surface area contributed by atoms with Gasteiger partial charge in [0, 0.05) is 17.7 Å². The van der Waals surface area contributed by atoms with E-state index in [9.17, 15) is 13.9 Å². The lowest BCUT2D eigenvalue weighted by atomic mass is 9.78. The third-order valence-corrected chi connectivity index (χ3v) is 3.29. The minimum atomic E-state index is -1.19. The van der Waals surface area contributed by atoms with E-state index in [0.29, 0.717) is 25.7 Å². The maximum atomic E-state index is 13.5. The number of benzene rings is 1. The summed E-state index contributed by atoms with van der Waals surface area (Å²) in [5.74, 6) is -1.31. The third-order valence-electron chi connectivity index (χ3n) is 3.29. The quantitative estimate of drug-likeness (QED) is 0.771. The molecular formula is C12H15F2NO. The molecule has 1 fully saturated rings. The van der Waals surface area contributed by atoms with E-state index >= 15 is 0 Å². The first-order valence-corrected chi connectivity index (χ1v) is 5.45. The molecule has 1 aliphatic rings. The summed E-state index contributed by atoms with van der Waals surface area (Å²) < 4.78 is 26.3. The molecule has 0 aliphatic heterocycles. The van der Waals surface area contributed by atoms with Crippen molar-refractivity contribution in [3.63, 3.8) is 0 Å². The van der Waals surface area contributed by atoms with Crippen molar-refractivity contribution >= 4 is 0 Å². The average Bonchev–Trinajstić information content (AvgIpc) is 2.22. The monoisotopic (exact) mass is 227 g/mol. The number of aliphatic hydroxyl groups is 1. The summed E-state index contributed by atoms with van der Waals surface area (Å²) in [4.78, 5) is 0. The topological polar surface area (TPSA) is 46.2 Å². The van der Waals surface area contributed by atoms with Crippen LogP contribution in [0.2, 0.25) is 0 Å². The van der Waals surface area contributed by atoms with Crippen LogP contribution in [-0.2, 0) is 5.60 Å². The Labute approximate surface area is 93.1 Å². The van der Waals surface area contributed by atoms with Crippen molar-refractivity contribution < 1.29 is 13.9 Å². The van der Waals surface area contributed by atoms with E-state index in [0.717, 1.165) is 6.07 Å². The second-order valence-corrected chi connectivity index (χ2v) is 4.49. The molecule has 0 spiro atoms. The summed E-state index contributed by atoms with van der Waals surface area (Å²) in [6.45, 7) is 0. The molecule has 0 aromatic heterocycles. The second-order valence-electron chi connectivity index (χ2n) is 4.49. The molecule has 4 heteroatoms. The van der Waals surface area contributed by atoms with Crippen LogP contribution in [0.25, 0.3) is 0 Å². The van der Waals surface area contributed by atoms with E-state index in [4.69, 9.17) is 5.73 Å². The van der Waals surface area contributed by atoms with Crippen LogP contribution in [0.3, 0.4) is 0 Å². The number of halogens is 2. The van der Waals surface area contributed by atoms with Crippen LogP contribution in [0.15, 0.2) is 18.2 Å². The van der Waals surface area contributed by atoms with Gasteiger partial charge in [0.1, 0.15) is 11.6 Å². The molecule has 16 heavy (non-hydrogen) atoms. The van der Waals surface area contributed by atoms with Crippen molar-refractivity contribution in [1.29, 1.82) is 0 Å². The number of hydrogen-bond acceptors (Lipinski definition) is 2. The fourth-order valence-electron chi connectivity index (χ4n) is 2.25. The first kappa shape index (κ1) is 11.5. The highest BCUT2D eigenvalue weighted by Crippen LogP contribution is 2.37. The molecular weight excluding hydrogens is 212 g/mol. The molecule has 0 amide bonds. The van der Waals surface area contributed by atoms with E-state index in [1.807, 2.05) is 0 Å². The summed E-state index contributed by atoms with van der Waals surface area (Å²) in [6, 6.07) is 3.37. The summed E-state index contributed by atoms with van der Waals surface area (Å²) in [5.41, 5.74) is 4.73. The molecule has 0 atom stereocenters. The van der Waals surface area contributed by atoms with E-state index in [1.54, 1.807) is 0 Å². The maximum Gasteiger partial charge on any atom is 0.132 e. The van der Waals surface area contributed by atoms with E-state index in [1.165, 1.54) is 12.1 Å². The SMILES string of the molecule is NC1CCC(O)(c2ccc(F)cc2F)CC1. The summed E-state index contributed by atoms with van der Waals surface area (Å²) in [7, 11) is 0. The van der Waals surface area contributed by atoms with Crippen molar-refractivity contribution in [3.8, 4) is 0 Å². The first-order valence-electron chi connectivity index (χ1n) is 5.45.